The highest BCUT2D eigenvalue weighted by molar-refractivity contribution is 5.21. The van der Waals surface area contributed by atoms with E-state index in [-0.39, 0.29) is 6.61 Å². The molecule has 0 spiro atoms. The number of hydrogen-bond acceptors (Lipinski definition) is 6. The van der Waals surface area contributed by atoms with E-state index in [0.29, 0.717) is 18.5 Å². The Kier molecular flexibility index (Phi) is 6.57. The molecule has 0 saturated carbocycles. The fourth-order valence-corrected chi connectivity index (χ4v) is 1.44. The van der Waals surface area contributed by atoms with Gasteiger partial charge in [0.15, 0.2) is 0 Å². The van der Waals surface area contributed by atoms with Crippen LogP contribution in [0.5, 0.6) is 0 Å². The monoisotopic (exact) mass is 242 g/mol. The average Bonchev–Trinajstić information content (AvgIpc) is 2.80. The molecule has 0 fully saturated rings. The van der Waals surface area contributed by atoms with Gasteiger partial charge in [-0.2, -0.15) is 0 Å². The molecule has 2 N–H and O–H groups in total. The molecular weight excluding hydrogens is 220 g/mol. The van der Waals surface area contributed by atoms with Crippen LogP contribution in [-0.2, 0) is 6.54 Å². The lowest BCUT2D eigenvalue weighted by Gasteiger charge is -2.12. The molecule has 6 nitrogen and oxygen atoms in total. The number of nitrogens with one attached hydrogen (secondary N) is 1. The van der Waals surface area contributed by atoms with Crippen molar-refractivity contribution in [3.05, 3.63) is 5.89 Å². The highest BCUT2D eigenvalue weighted by Gasteiger charge is 2.09. The molecule has 98 valence electrons. The Morgan fingerprint density at radius 1 is 1.29 bits per heavy atom. The molecule has 0 saturated heterocycles. The first-order chi connectivity index (χ1) is 8.27. The second-order valence-corrected chi connectivity index (χ2v) is 3.96. The van der Waals surface area contributed by atoms with Gasteiger partial charge in [0.2, 0.25) is 5.89 Å². The fraction of sp³-hybridized carbons (Fsp3) is 0.818. The summed E-state index contributed by atoms with van der Waals surface area (Å²) in [6, 6.07) is 0.557. The zero-order valence-corrected chi connectivity index (χ0v) is 10.6. The minimum absolute atomic E-state index is 0.261. The third-order valence-corrected chi connectivity index (χ3v) is 2.46. The van der Waals surface area contributed by atoms with Gasteiger partial charge in [0.05, 0.1) is 6.54 Å². The summed E-state index contributed by atoms with van der Waals surface area (Å²) in [5.74, 6) is 0.615. The first kappa shape index (κ1) is 13.9. The van der Waals surface area contributed by atoms with E-state index >= 15 is 0 Å². The highest BCUT2D eigenvalue weighted by atomic mass is 16.4. The molecule has 6 heteroatoms. The fourth-order valence-electron chi connectivity index (χ4n) is 1.44. The molecule has 0 atom stereocenters. The number of unbranched alkanes of at least 4 members (excludes halogenated alkanes) is 2. The van der Waals surface area contributed by atoms with Crippen molar-refractivity contribution in [3.8, 4) is 0 Å². The Labute approximate surface area is 102 Å². The van der Waals surface area contributed by atoms with Crippen LogP contribution in [-0.4, -0.2) is 42.0 Å². The lowest BCUT2D eigenvalue weighted by Crippen LogP contribution is -2.18. The van der Waals surface area contributed by atoms with Gasteiger partial charge in [-0.25, -0.2) is 0 Å². The van der Waals surface area contributed by atoms with Crippen LogP contribution in [0.3, 0.4) is 0 Å². The maximum atomic E-state index is 8.67. The number of aliphatic hydroxyl groups excluding tert-OH is 1. The van der Waals surface area contributed by atoms with Crippen LogP contribution in [0.4, 0.5) is 6.01 Å². The predicted molar refractivity (Wildman–Crippen MR) is 65.9 cm³/mol. The first-order valence-electron chi connectivity index (χ1n) is 6.13. The molecule has 17 heavy (non-hydrogen) atoms. The molecule has 0 aliphatic carbocycles. The maximum absolute atomic E-state index is 8.67. The van der Waals surface area contributed by atoms with Crippen LogP contribution < -0.4 is 10.2 Å². The Morgan fingerprint density at radius 3 is 2.82 bits per heavy atom. The van der Waals surface area contributed by atoms with E-state index in [2.05, 4.69) is 15.5 Å². The van der Waals surface area contributed by atoms with Crippen molar-refractivity contribution in [2.45, 2.75) is 32.7 Å². The minimum atomic E-state index is 0.261. The summed E-state index contributed by atoms with van der Waals surface area (Å²) in [6.45, 7) is 4.65. The largest absolute Gasteiger partial charge is 0.407 e. The van der Waals surface area contributed by atoms with Gasteiger partial charge in [-0.3, -0.25) is 0 Å². The summed E-state index contributed by atoms with van der Waals surface area (Å²) < 4.78 is 5.50. The second kappa shape index (κ2) is 8.03. The van der Waals surface area contributed by atoms with Gasteiger partial charge < -0.3 is 19.7 Å². The third-order valence-electron chi connectivity index (χ3n) is 2.46. The van der Waals surface area contributed by atoms with E-state index in [1.807, 2.05) is 18.9 Å². The van der Waals surface area contributed by atoms with Gasteiger partial charge >= 0.3 is 6.01 Å². The van der Waals surface area contributed by atoms with Gasteiger partial charge in [0.25, 0.3) is 0 Å². The van der Waals surface area contributed by atoms with Crippen LogP contribution in [0.15, 0.2) is 4.42 Å². The van der Waals surface area contributed by atoms with Crippen molar-refractivity contribution in [1.82, 2.24) is 15.5 Å². The SMILES string of the molecule is CCNCc1nnc(N(C)CCCCCO)o1. The van der Waals surface area contributed by atoms with Crippen LogP contribution in [0, 0.1) is 0 Å². The zero-order valence-electron chi connectivity index (χ0n) is 10.6. The number of anilines is 1. The molecule has 1 rings (SSSR count). The van der Waals surface area contributed by atoms with E-state index < -0.39 is 0 Å². The molecule has 1 aromatic rings. The van der Waals surface area contributed by atoms with Crippen LogP contribution in [0.25, 0.3) is 0 Å². The van der Waals surface area contributed by atoms with Crippen molar-refractivity contribution in [1.29, 1.82) is 0 Å². The molecular formula is C11H22N4O2. The van der Waals surface area contributed by atoms with Gasteiger partial charge in [0.1, 0.15) is 0 Å². The number of nitrogens with zero attached hydrogens (tertiary/aromatic N) is 3. The van der Waals surface area contributed by atoms with Crippen LogP contribution >= 0.6 is 0 Å². The molecule has 0 aliphatic heterocycles. The molecule has 1 heterocycles. The molecule has 0 radical (unpaired) electrons. The predicted octanol–water partition coefficient (Wildman–Crippen LogP) is 0.778. The summed E-state index contributed by atoms with van der Waals surface area (Å²) in [5.41, 5.74) is 0. The van der Waals surface area contributed by atoms with E-state index in [0.717, 1.165) is 32.4 Å². The van der Waals surface area contributed by atoms with Crippen molar-refractivity contribution >= 4 is 6.01 Å². The highest BCUT2D eigenvalue weighted by Crippen LogP contribution is 2.11. The van der Waals surface area contributed by atoms with E-state index in [9.17, 15) is 0 Å². The normalized spacial score (nSPS) is 10.8. The Hall–Kier alpha value is -1.14. The Morgan fingerprint density at radius 2 is 2.12 bits per heavy atom. The van der Waals surface area contributed by atoms with Crippen molar-refractivity contribution < 1.29 is 9.52 Å². The van der Waals surface area contributed by atoms with Crippen molar-refractivity contribution in [2.75, 3.05) is 31.6 Å². The van der Waals surface area contributed by atoms with E-state index in [4.69, 9.17) is 9.52 Å². The van der Waals surface area contributed by atoms with Gasteiger partial charge in [0, 0.05) is 20.2 Å². The average molecular weight is 242 g/mol. The quantitative estimate of drug-likeness (QED) is 0.623. The minimum Gasteiger partial charge on any atom is -0.407 e. The number of rotatable bonds is 9. The topological polar surface area (TPSA) is 74.4 Å². The molecule has 0 aromatic carbocycles. The lowest BCUT2D eigenvalue weighted by molar-refractivity contribution is 0.283. The smallest absolute Gasteiger partial charge is 0.317 e. The number of aromatic nitrogens is 2. The zero-order chi connectivity index (χ0) is 12.5. The van der Waals surface area contributed by atoms with Crippen LogP contribution in [0.1, 0.15) is 32.1 Å². The molecule has 0 bridgehead atoms. The molecule has 1 aromatic heterocycles. The summed E-state index contributed by atoms with van der Waals surface area (Å²) in [4.78, 5) is 1.94. The van der Waals surface area contributed by atoms with Crippen LogP contribution in [0.2, 0.25) is 0 Å². The second-order valence-electron chi connectivity index (χ2n) is 3.96. The van der Waals surface area contributed by atoms with Crippen molar-refractivity contribution in [3.63, 3.8) is 0 Å². The lowest BCUT2D eigenvalue weighted by atomic mass is 10.2. The maximum Gasteiger partial charge on any atom is 0.317 e. The van der Waals surface area contributed by atoms with E-state index in [1.54, 1.807) is 0 Å². The summed E-state index contributed by atoms with van der Waals surface area (Å²) in [7, 11) is 1.93. The first-order valence-corrected chi connectivity index (χ1v) is 6.13. The Balaban J connectivity index is 2.30. The van der Waals surface area contributed by atoms with Gasteiger partial charge in [-0.1, -0.05) is 12.0 Å². The number of hydrogen-bond donors (Lipinski definition) is 2. The molecule has 0 aliphatic rings. The molecule has 0 unspecified atom stereocenters. The number of aliphatic hydroxyl groups is 1. The molecule has 0 amide bonds. The summed E-state index contributed by atoms with van der Waals surface area (Å²) in [5, 5.41) is 19.8. The van der Waals surface area contributed by atoms with Crippen molar-refractivity contribution in [2.24, 2.45) is 0 Å². The van der Waals surface area contributed by atoms with Gasteiger partial charge in [-0.15, -0.1) is 5.10 Å². The van der Waals surface area contributed by atoms with Gasteiger partial charge in [-0.05, 0) is 25.8 Å². The summed E-state index contributed by atoms with van der Waals surface area (Å²) in [6.07, 6.45) is 2.88. The van der Waals surface area contributed by atoms with E-state index in [1.165, 1.54) is 0 Å². The summed E-state index contributed by atoms with van der Waals surface area (Å²) >= 11 is 0. The Bertz CT molecular complexity index is 303. The third kappa shape index (κ3) is 5.14. The standard InChI is InChI=1S/C11H22N4O2/c1-3-12-9-10-13-14-11(17-10)15(2)7-5-4-6-8-16/h12,16H,3-9H2,1-2H3.